The van der Waals surface area contributed by atoms with Crippen LogP contribution >= 0.6 is 24.0 Å². The Balaban J connectivity index is 0.00000450. The summed E-state index contributed by atoms with van der Waals surface area (Å²) in [6.07, 6.45) is 2.21. The van der Waals surface area contributed by atoms with Gasteiger partial charge in [0.2, 0.25) is 5.91 Å². The van der Waals surface area contributed by atoms with E-state index in [0.29, 0.717) is 19.1 Å². The molecule has 1 aromatic rings. The number of halogens is 1. The SMILES string of the molecule is CCNC(=NCc1ccc(OCCN(CC)CC)cc1)NCC(=O)N1CCCC1.I. The normalized spacial score (nSPS) is 13.9. The molecule has 0 saturated carbocycles. The summed E-state index contributed by atoms with van der Waals surface area (Å²) in [7, 11) is 0. The van der Waals surface area contributed by atoms with Crippen LogP contribution in [0.4, 0.5) is 0 Å². The fourth-order valence-electron chi connectivity index (χ4n) is 3.27. The van der Waals surface area contributed by atoms with Crippen LogP contribution in [0.3, 0.4) is 0 Å². The zero-order valence-corrected chi connectivity index (χ0v) is 21.0. The van der Waals surface area contributed by atoms with Gasteiger partial charge in [0.05, 0.1) is 13.1 Å². The first-order valence-electron chi connectivity index (χ1n) is 10.9. The van der Waals surface area contributed by atoms with Crippen molar-refractivity contribution >= 4 is 35.8 Å². The molecule has 1 fully saturated rings. The first kappa shape index (κ1) is 26.5. The molecule has 0 bridgehead atoms. The Morgan fingerprint density at radius 1 is 1.10 bits per heavy atom. The van der Waals surface area contributed by atoms with E-state index in [-0.39, 0.29) is 36.4 Å². The summed E-state index contributed by atoms with van der Waals surface area (Å²) in [6.45, 7) is 13.4. The molecule has 0 spiro atoms. The van der Waals surface area contributed by atoms with Gasteiger partial charge in [-0.3, -0.25) is 4.79 Å². The van der Waals surface area contributed by atoms with Crippen molar-refractivity contribution in [2.24, 2.45) is 4.99 Å². The zero-order chi connectivity index (χ0) is 20.9. The lowest BCUT2D eigenvalue weighted by molar-refractivity contribution is -0.128. The van der Waals surface area contributed by atoms with E-state index < -0.39 is 0 Å². The highest BCUT2D eigenvalue weighted by Crippen LogP contribution is 2.13. The molecule has 7 nitrogen and oxygen atoms in total. The van der Waals surface area contributed by atoms with Crippen molar-refractivity contribution in [3.63, 3.8) is 0 Å². The quantitative estimate of drug-likeness (QED) is 0.261. The van der Waals surface area contributed by atoms with Gasteiger partial charge in [-0.15, -0.1) is 24.0 Å². The van der Waals surface area contributed by atoms with E-state index >= 15 is 0 Å². The molecule has 1 aromatic carbocycles. The number of likely N-dealkylation sites (N-methyl/N-ethyl adjacent to an activating group) is 1. The van der Waals surface area contributed by atoms with Crippen LogP contribution < -0.4 is 15.4 Å². The van der Waals surface area contributed by atoms with Crippen LogP contribution in [0.2, 0.25) is 0 Å². The van der Waals surface area contributed by atoms with Crippen molar-refractivity contribution in [2.75, 3.05) is 52.4 Å². The second-order valence-corrected chi connectivity index (χ2v) is 7.16. The molecule has 1 aliphatic heterocycles. The highest BCUT2D eigenvalue weighted by atomic mass is 127. The number of carbonyl (C=O) groups is 1. The monoisotopic (exact) mass is 531 g/mol. The minimum Gasteiger partial charge on any atom is -0.492 e. The average molecular weight is 531 g/mol. The lowest BCUT2D eigenvalue weighted by Gasteiger charge is -2.18. The van der Waals surface area contributed by atoms with Crippen LogP contribution in [-0.2, 0) is 11.3 Å². The van der Waals surface area contributed by atoms with Crippen molar-refractivity contribution in [1.82, 2.24) is 20.4 Å². The maximum absolute atomic E-state index is 12.2. The Kier molecular flexibility index (Phi) is 13.5. The number of hydrogen-bond donors (Lipinski definition) is 2. The minimum atomic E-state index is 0. The molecule has 2 N–H and O–H groups in total. The lowest BCUT2D eigenvalue weighted by Crippen LogP contribution is -2.44. The highest BCUT2D eigenvalue weighted by molar-refractivity contribution is 14.0. The molecule has 1 aliphatic rings. The fraction of sp³-hybridized carbons (Fsp3) is 0.636. The maximum atomic E-state index is 12.2. The van der Waals surface area contributed by atoms with Crippen LogP contribution in [0.15, 0.2) is 29.3 Å². The van der Waals surface area contributed by atoms with E-state index in [0.717, 1.165) is 63.4 Å². The second-order valence-electron chi connectivity index (χ2n) is 7.16. The number of amides is 1. The van der Waals surface area contributed by atoms with Gasteiger partial charge in [-0.05, 0) is 50.6 Å². The molecule has 0 atom stereocenters. The van der Waals surface area contributed by atoms with E-state index in [1.807, 2.05) is 36.1 Å². The van der Waals surface area contributed by atoms with E-state index in [1.54, 1.807) is 0 Å². The zero-order valence-electron chi connectivity index (χ0n) is 18.7. The number of nitrogens with zero attached hydrogens (tertiary/aromatic N) is 3. The van der Waals surface area contributed by atoms with Gasteiger partial charge in [0, 0.05) is 26.2 Å². The number of guanidine groups is 1. The molecule has 0 unspecified atom stereocenters. The molecule has 0 radical (unpaired) electrons. The van der Waals surface area contributed by atoms with Gasteiger partial charge in [0.1, 0.15) is 12.4 Å². The number of aliphatic imine (C=N–C) groups is 1. The number of carbonyl (C=O) groups excluding carboxylic acids is 1. The van der Waals surface area contributed by atoms with Gasteiger partial charge in [-0.2, -0.15) is 0 Å². The Bertz CT molecular complexity index is 629. The Morgan fingerprint density at radius 3 is 2.37 bits per heavy atom. The molecule has 30 heavy (non-hydrogen) atoms. The van der Waals surface area contributed by atoms with Crippen LogP contribution in [-0.4, -0.2) is 74.1 Å². The van der Waals surface area contributed by atoms with Crippen molar-refractivity contribution in [2.45, 2.75) is 40.2 Å². The summed E-state index contributed by atoms with van der Waals surface area (Å²) in [5.41, 5.74) is 1.10. The highest BCUT2D eigenvalue weighted by Gasteiger charge is 2.17. The number of likely N-dealkylation sites (tertiary alicyclic amines) is 1. The van der Waals surface area contributed by atoms with Gasteiger partial charge < -0.3 is 25.2 Å². The van der Waals surface area contributed by atoms with Crippen LogP contribution in [0.25, 0.3) is 0 Å². The van der Waals surface area contributed by atoms with Gasteiger partial charge in [-0.1, -0.05) is 26.0 Å². The summed E-state index contributed by atoms with van der Waals surface area (Å²) < 4.78 is 5.83. The third-order valence-corrected chi connectivity index (χ3v) is 5.12. The number of hydrogen-bond acceptors (Lipinski definition) is 4. The van der Waals surface area contributed by atoms with Crippen molar-refractivity contribution in [3.05, 3.63) is 29.8 Å². The van der Waals surface area contributed by atoms with E-state index in [2.05, 4.69) is 34.4 Å². The first-order chi connectivity index (χ1) is 14.2. The van der Waals surface area contributed by atoms with E-state index in [4.69, 9.17) is 4.74 Å². The Labute approximate surface area is 198 Å². The summed E-state index contributed by atoms with van der Waals surface area (Å²) in [5, 5.41) is 6.35. The maximum Gasteiger partial charge on any atom is 0.241 e. The number of benzene rings is 1. The molecule has 0 aliphatic carbocycles. The van der Waals surface area contributed by atoms with Gasteiger partial charge in [0.25, 0.3) is 0 Å². The van der Waals surface area contributed by atoms with Crippen molar-refractivity contribution in [3.8, 4) is 5.75 Å². The molecular formula is C22H38IN5O2. The van der Waals surface area contributed by atoms with Crippen LogP contribution in [0.1, 0.15) is 39.2 Å². The molecule has 170 valence electrons. The van der Waals surface area contributed by atoms with Crippen molar-refractivity contribution in [1.29, 1.82) is 0 Å². The molecule has 1 amide bonds. The molecule has 2 rings (SSSR count). The Morgan fingerprint density at radius 2 is 1.77 bits per heavy atom. The Hall–Kier alpha value is -1.55. The number of nitrogens with one attached hydrogen (secondary N) is 2. The summed E-state index contributed by atoms with van der Waals surface area (Å²) in [5.74, 6) is 1.69. The molecule has 1 heterocycles. The smallest absolute Gasteiger partial charge is 0.241 e. The van der Waals surface area contributed by atoms with Crippen molar-refractivity contribution < 1.29 is 9.53 Å². The molecule has 0 aromatic heterocycles. The van der Waals surface area contributed by atoms with Crippen LogP contribution in [0.5, 0.6) is 5.75 Å². The summed E-state index contributed by atoms with van der Waals surface area (Å²) in [4.78, 5) is 21.0. The number of ether oxygens (including phenoxy) is 1. The number of rotatable bonds is 11. The predicted octanol–water partition coefficient (Wildman–Crippen LogP) is 2.70. The third kappa shape index (κ3) is 9.51. The molecule has 1 saturated heterocycles. The summed E-state index contributed by atoms with van der Waals surface area (Å²) >= 11 is 0. The standard InChI is InChI=1S/C22H37N5O2.HI/c1-4-23-22(25-18-21(28)27-13-7-8-14-27)24-17-19-9-11-20(12-10-19)29-16-15-26(5-2)6-3;/h9-12H,4-8,13-18H2,1-3H3,(H2,23,24,25);1H. The minimum absolute atomic E-state index is 0. The third-order valence-electron chi connectivity index (χ3n) is 5.12. The topological polar surface area (TPSA) is 69.2 Å². The lowest BCUT2D eigenvalue weighted by atomic mass is 10.2. The summed E-state index contributed by atoms with van der Waals surface area (Å²) in [6, 6.07) is 8.05. The fourth-order valence-corrected chi connectivity index (χ4v) is 3.27. The predicted molar refractivity (Wildman–Crippen MR) is 134 cm³/mol. The van der Waals surface area contributed by atoms with E-state index in [9.17, 15) is 4.79 Å². The van der Waals surface area contributed by atoms with Gasteiger partial charge in [0.15, 0.2) is 5.96 Å². The first-order valence-corrected chi connectivity index (χ1v) is 10.9. The largest absolute Gasteiger partial charge is 0.492 e. The average Bonchev–Trinajstić information content (AvgIpc) is 3.29. The molecule has 8 heteroatoms. The van der Waals surface area contributed by atoms with Gasteiger partial charge >= 0.3 is 0 Å². The van der Waals surface area contributed by atoms with Crippen LogP contribution in [0, 0.1) is 0 Å². The van der Waals surface area contributed by atoms with Gasteiger partial charge in [-0.25, -0.2) is 4.99 Å². The molecular weight excluding hydrogens is 493 g/mol. The second kappa shape index (κ2) is 15.3. The van der Waals surface area contributed by atoms with E-state index in [1.165, 1.54) is 0 Å².